The summed E-state index contributed by atoms with van der Waals surface area (Å²) in [5, 5.41) is 4.04. The number of pyridine rings is 1. The van der Waals surface area contributed by atoms with Gasteiger partial charge in [-0.15, -0.1) is 0 Å². The Morgan fingerprint density at radius 3 is 2.87 bits per heavy atom. The van der Waals surface area contributed by atoms with Gasteiger partial charge in [-0.3, -0.25) is 9.78 Å². The highest BCUT2D eigenvalue weighted by Gasteiger charge is 2.64. The van der Waals surface area contributed by atoms with Crippen molar-refractivity contribution >= 4 is 22.5 Å². The van der Waals surface area contributed by atoms with Crippen molar-refractivity contribution in [2.45, 2.75) is 32.3 Å². The second kappa shape index (κ2) is 7.61. The highest BCUT2D eigenvalue weighted by Crippen LogP contribution is 2.55. The molecule has 1 N–H and O–H groups in total. The number of nitrogens with one attached hydrogen (secondary N) is 1. The van der Waals surface area contributed by atoms with E-state index >= 15 is 0 Å². The van der Waals surface area contributed by atoms with E-state index in [1.165, 1.54) is 0 Å². The van der Waals surface area contributed by atoms with E-state index in [1.807, 2.05) is 56.3 Å². The Bertz CT molecular complexity index is 1210. The molecule has 0 bridgehead atoms. The van der Waals surface area contributed by atoms with E-state index in [9.17, 15) is 4.79 Å². The third-order valence-corrected chi connectivity index (χ3v) is 6.14. The van der Waals surface area contributed by atoms with Gasteiger partial charge in [0, 0.05) is 23.9 Å². The molecule has 0 aliphatic heterocycles. The second-order valence-corrected chi connectivity index (χ2v) is 8.20. The highest BCUT2D eigenvalue weighted by atomic mass is 16.5. The van der Waals surface area contributed by atoms with Gasteiger partial charge in [-0.2, -0.15) is 0 Å². The number of carbonyl (C=O) groups is 1. The predicted octanol–water partition coefficient (Wildman–Crippen LogP) is 4.55. The fourth-order valence-corrected chi connectivity index (χ4v) is 4.43. The zero-order valence-electron chi connectivity index (χ0n) is 17.6. The van der Waals surface area contributed by atoms with Gasteiger partial charge in [0.25, 0.3) is 0 Å². The van der Waals surface area contributed by atoms with E-state index in [0.717, 1.165) is 28.7 Å². The van der Waals surface area contributed by atoms with Crippen LogP contribution in [-0.4, -0.2) is 26.5 Å². The minimum atomic E-state index is -0.600. The maximum atomic E-state index is 13.3. The molecule has 6 heteroatoms. The van der Waals surface area contributed by atoms with Crippen LogP contribution >= 0.6 is 0 Å². The van der Waals surface area contributed by atoms with E-state index in [-0.39, 0.29) is 17.7 Å². The largest absolute Gasteiger partial charge is 0.482 e. The summed E-state index contributed by atoms with van der Waals surface area (Å²) in [6.07, 6.45) is 13.3. The summed E-state index contributed by atoms with van der Waals surface area (Å²) < 4.78 is 6.51. The van der Waals surface area contributed by atoms with Crippen LogP contribution in [0.1, 0.15) is 24.4 Å². The first-order valence-electron chi connectivity index (χ1n) is 10.5. The summed E-state index contributed by atoms with van der Waals surface area (Å²) >= 11 is 0. The maximum Gasteiger partial charge on any atom is 0.231 e. The number of hydrogen-bond acceptors (Lipinski definition) is 5. The van der Waals surface area contributed by atoms with Gasteiger partial charge in [-0.25, -0.2) is 9.97 Å². The quantitative estimate of drug-likeness (QED) is 0.665. The first kappa shape index (κ1) is 19.4. The third kappa shape index (κ3) is 3.58. The Balaban J connectivity index is 1.43. The Labute approximate surface area is 181 Å². The molecule has 0 spiro atoms. The molecule has 0 radical (unpaired) electrons. The number of anilines is 1. The molecule has 2 aliphatic rings. The molecule has 2 aromatic heterocycles. The fraction of sp³-hybridized carbons (Fsp3) is 0.280. The van der Waals surface area contributed by atoms with Gasteiger partial charge in [-0.05, 0) is 44.5 Å². The maximum absolute atomic E-state index is 13.3. The zero-order valence-corrected chi connectivity index (χ0v) is 17.6. The third-order valence-electron chi connectivity index (χ3n) is 6.14. The van der Waals surface area contributed by atoms with Crippen molar-refractivity contribution in [1.82, 2.24) is 15.0 Å². The molecular weight excluding hydrogens is 388 g/mol. The van der Waals surface area contributed by atoms with Crippen LogP contribution in [0.5, 0.6) is 5.75 Å². The van der Waals surface area contributed by atoms with Crippen LogP contribution < -0.4 is 10.1 Å². The standard InChI is InChI=1S/C25H24N4O2/c1-16-23(15-27-17(2)28-16)31-25(18-8-4-3-5-9-18)14-20(25)24(30)29-22-12-6-11-21-19(22)10-7-13-26-21/h3-8,10-13,15,18,20H,9,14H2,1-2H3,(H,29,30)/t18?,20-,25+/m0/s1. The van der Waals surface area contributed by atoms with E-state index in [4.69, 9.17) is 4.74 Å². The number of carbonyl (C=O) groups excluding carboxylic acids is 1. The minimum Gasteiger partial charge on any atom is -0.482 e. The minimum absolute atomic E-state index is 0.0370. The van der Waals surface area contributed by atoms with Crippen molar-refractivity contribution < 1.29 is 9.53 Å². The average Bonchev–Trinajstić information content (AvgIpc) is 3.52. The Morgan fingerprint density at radius 1 is 1.16 bits per heavy atom. The van der Waals surface area contributed by atoms with Gasteiger partial charge >= 0.3 is 0 Å². The lowest BCUT2D eigenvalue weighted by Gasteiger charge is -2.28. The van der Waals surface area contributed by atoms with Crippen LogP contribution in [0.2, 0.25) is 0 Å². The van der Waals surface area contributed by atoms with Crippen LogP contribution in [0.25, 0.3) is 10.9 Å². The van der Waals surface area contributed by atoms with Crippen molar-refractivity contribution in [3.8, 4) is 5.75 Å². The van der Waals surface area contributed by atoms with Crippen molar-refractivity contribution in [1.29, 1.82) is 0 Å². The molecular formula is C25H24N4O2. The Morgan fingerprint density at radius 2 is 2.06 bits per heavy atom. The van der Waals surface area contributed by atoms with Gasteiger partial charge in [0.15, 0.2) is 5.75 Å². The SMILES string of the molecule is Cc1ncc(O[C@@]2(C3C=CC=CC3)C[C@H]2C(=O)Nc2cccc3ncccc23)c(C)n1. The number of aromatic nitrogens is 3. The van der Waals surface area contributed by atoms with Gasteiger partial charge in [0.1, 0.15) is 11.4 Å². The highest BCUT2D eigenvalue weighted by molar-refractivity contribution is 6.03. The Hall–Kier alpha value is -3.54. The van der Waals surface area contributed by atoms with Crippen molar-refractivity contribution in [2.75, 3.05) is 5.32 Å². The van der Waals surface area contributed by atoms with Gasteiger partial charge in [0.2, 0.25) is 5.91 Å². The second-order valence-electron chi connectivity index (χ2n) is 8.20. The number of benzene rings is 1. The predicted molar refractivity (Wildman–Crippen MR) is 120 cm³/mol. The van der Waals surface area contributed by atoms with E-state index < -0.39 is 5.60 Å². The van der Waals surface area contributed by atoms with Crippen LogP contribution in [0.4, 0.5) is 5.69 Å². The fourth-order valence-electron chi connectivity index (χ4n) is 4.43. The first-order chi connectivity index (χ1) is 15.1. The monoisotopic (exact) mass is 412 g/mol. The lowest BCUT2D eigenvalue weighted by molar-refractivity contribution is -0.119. The number of hydrogen-bond donors (Lipinski definition) is 1. The molecule has 2 aliphatic carbocycles. The zero-order chi connectivity index (χ0) is 21.4. The van der Waals surface area contributed by atoms with Gasteiger partial charge < -0.3 is 10.1 Å². The smallest absolute Gasteiger partial charge is 0.231 e. The molecule has 1 fully saturated rings. The normalized spacial score (nSPS) is 24.2. The number of allylic oxidation sites excluding steroid dienone is 3. The molecule has 0 saturated heterocycles. The molecule has 1 aromatic carbocycles. The van der Waals surface area contributed by atoms with Crippen LogP contribution in [0.3, 0.4) is 0 Å². The lowest BCUT2D eigenvalue weighted by Crippen LogP contribution is -2.35. The van der Waals surface area contributed by atoms with Crippen LogP contribution in [0.15, 0.2) is 67.0 Å². The molecule has 1 unspecified atom stereocenters. The number of amides is 1. The molecule has 6 nitrogen and oxygen atoms in total. The summed E-state index contributed by atoms with van der Waals surface area (Å²) in [4.78, 5) is 26.4. The van der Waals surface area contributed by atoms with E-state index in [1.54, 1.807) is 12.4 Å². The number of rotatable bonds is 5. The van der Waals surface area contributed by atoms with Crippen molar-refractivity contribution in [2.24, 2.45) is 11.8 Å². The molecule has 5 rings (SSSR count). The molecule has 2 heterocycles. The Kier molecular flexibility index (Phi) is 4.77. The molecule has 156 valence electrons. The summed E-state index contributed by atoms with van der Waals surface area (Å²) in [6, 6.07) is 9.60. The summed E-state index contributed by atoms with van der Waals surface area (Å²) in [7, 11) is 0. The topological polar surface area (TPSA) is 77.0 Å². The molecule has 1 amide bonds. The van der Waals surface area contributed by atoms with Crippen molar-refractivity contribution in [3.63, 3.8) is 0 Å². The molecule has 1 saturated carbocycles. The summed E-state index contributed by atoms with van der Waals surface area (Å²) in [5.41, 5.74) is 1.81. The number of nitrogens with zero attached hydrogens (tertiary/aromatic N) is 3. The molecule has 3 atom stereocenters. The summed E-state index contributed by atoms with van der Waals surface area (Å²) in [6.45, 7) is 3.77. The first-order valence-corrected chi connectivity index (χ1v) is 10.5. The van der Waals surface area contributed by atoms with Crippen LogP contribution in [0, 0.1) is 25.7 Å². The van der Waals surface area contributed by atoms with Crippen LogP contribution in [-0.2, 0) is 4.79 Å². The number of ether oxygens (including phenoxy) is 1. The molecule has 31 heavy (non-hydrogen) atoms. The van der Waals surface area contributed by atoms with E-state index in [2.05, 4.69) is 32.4 Å². The van der Waals surface area contributed by atoms with Gasteiger partial charge in [-0.1, -0.05) is 30.4 Å². The lowest BCUT2D eigenvalue weighted by atomic mass is 9.90. The number of fused-ring (bicyclic) bond motifs is 1. The van der Waals surface area contributed by atoms with Gasteiger partial charge in [0.05, 0.1) is 29.0 Å². The average molecular weight is 412 g/mol. The summed E-state index contributed by atoms with van der Waals surface area (Å²) in [5.74, 6) is 1.15. The van der Waals surface area contributed by atoms with E-state index in [0.29, 0.717) is 18.0 Å². The van der Waals surface area contributed by atoms with Crippen molar-refractivity contribution in [3.05, 3.63) is 78.5 Å². The number of aryl methyl sites for hydroxylation is 2. The molecule has 3 aromatic rings.